The smallest absolute Gasteiger partial charge is 0.325 e. The van der Waals surface area contributed by atoms with Gasteiger partial charge in [-0.25, -0.2) is 0 Å². The first-order chi connectivity index (χ1) is 11.6. The molecule has 6 heteroatoms. The number of benzene rings is 1. The van der Waals surface area contributed by atoms with Crippen LogP contribution in [0.2, 0.25) is 0 Å². The van der Waals surface area contributed by atoms with Gasteiger partial charge in [0.2, 0.25) is 11.8 Å². The lowest BCUT2D eigenvalue weighted by Gasteiger charge is -2.21. The van der Waals surface area contributed by atoms with Crippen LogP contribution >= 0.6 is 0 Å². The van der Waals surface area contributed by atoms with Crippen molar-refractivity contribution in [3.05, 3.63) is 35.9 Å². The summed E-state index contributed by atoms with van der Waals surface area (Å²) in [6.07, 6.45) is 2.78. The Labute approximate surface area is 142 Å². The van der Waals surface area contributed by atoms with Crippen LogP contribution in [0.1, 0.15) is 31.2 Å². The lowest BCUT2D eigenvalue weighted by molar-refractivity contribution is -0.147. The highest BCUT2D eigenvalue weighted by Gasteiger charge is 2.29. The van der Waals surface area contributed by atoms with Crippen LogP contribution in [-0.2, 0) is 25.7 Å². The average molecular weight is 332 g/mol. The molecule has 0 bridgehead atoms. The minimum absolute atomic E-state index is 0.0708. The standard InChI is InChI=1S/C18H24N2O4/c1-24-17(22)13-20(12-14-6-3-2-4-7-14)16(21)8-5-11-19-18(23)15-9-10-15/h2-4,6-7,15H,5,8-13H2,1H3,(H,19,23). The number of rotatable bonds is 9. The van der Waals surface area contributed by atoms with Crippen molar-refractivity contribution in [3.8, 4) is 0 Å². The van der Waals surface area contributed by atoms with E-state index in [1.54, 1.807) is 0 Å². The van der Waals surface area contributed by atoms with Crippen molar-refractivity contribution < 1.29 is 19.1 Å². The molecule has 1 aliphatic carbocycles. The van der Waals surface area contributed by atoms with Crippen LogP contribution in [0.5, 0.6) is 0 Å². The summed E-state index contributed by atoms with van der Waals surface area (Å²) < 4.78 is 4.67. The number of hydrogen-bond donors (Lipinski definition) is 1. The maximum absolute atomic E-state index is 12.4. The van der Waals surface area contributed by atoms with Gasteiger partial charge in [-0.1, -0.05) is 30.3 Å². The van der Waals surface area contributed by atoms with E-state index in [-0.39, 0.29) is 30.7 Å². The summed E-state index contributed by atoms with van der Waals surface area (Å²) in [6.45, 7) is 0.778. The molecule has 1 fully saturated rings. The minimum atomic E-state index is -0.443. The Morgan fingerprint density at radius 3 is 2.54 bits per heavy atom. The predicted octanol–water partition coefficient (Wildman–Crippen LogP) is 1.49. The van der Waals surface area contributed by atoms with Crippen molar-refractivity contribution in [1.82, 2.24) is 10.2 Å². The van der Waals surface area contributed by atoms with Crippen LogP contribution in [-0.4, -0.2) is 42.9 Å². The van der Waals surface area contributed by atoms with E-state index in [1.807, 2.05) is 30.3 Å². The molecule has 0 spiro atoms. The molecule has 0 aromatic heterocycles. The summed E-state index contributed by atoms with van der Waals surface area (Å²) in [4.78, 5) is 37.0. The number of methoxy groups -OCH3 is 1. The Morgan fingerprint density at radius 2 is 1.92 bits per heavy atom. The van der Waals surface area contributed by atoms with E-state index in [4.69, 9.17) is 0 Å². The Balaban J connectivity index is 1.81. The summed E-state index contributed by atoms with van der Waals surface area (Å²) in [5.74, 6) is -0.306. The van der Waals surface area contributed by atoms with E-state index in [1.165, 1.54) is 12.0 Å². The van der Waals surface area contributed by atoms with Gasteiger partial charge in [-0.3, -0.25) is 14.4 Å². The third kappa shape index (κ3) is 6.02. The minimum Gasteiger partial charge on any atom is -0.468 e. The molecule has 1 N–H and O–H groups in total. The van der Waals surface area contributed by atoms with Crippen molar-refractivity contribution in [2.45, 2.75) is 32.2 Å². The first kappa shape index (κ1) is 18.0. The molecule has 1 aromatic rings. The summed E-state index contributed by atoms with van der Waals surface area (Å²) in [5, 5.41) is 2.84. The summed E-state index contributed by atoms with van der Waals surface area (Å²) in [5.41, 5.74) is 0.955. The van der Waals surface area contributed by atoms with Gasteiger partial charge in [0.05, 0.1) is 7.11 Å². The molecule has 0 aliphatic heterocycles. The Kier molecular flexibility index (Phi) is 6.78. The molecular weight excluding hydrogens is 308 g/mol. The maximum Gasteiger partial charge on any atom is 0.325 e. The fourth-order valence-electron chi connectivity index (χ4n) is 2.36. The third-order valence-corrected chi connectivity index (χ3v) is 3.93. The molecule has 2 rings (SSSR count). The topological polar surface area (TPSA) is 75.7 Å². The van der Waals surface area contributed by atoms with Crippen molar-refractivity contribution in [2.24, 2.45) is 5.92 Å². The number of esters is 1. The average Bonchev–Trinajstić information content (AvgIpc) is 3.43. The maximum atomic E-state index is 12.4. The van der Waals surface area contributed by atoms with Crippen LogP contribution in [0.15, 0.2) is 30.3 Å². The second kappa shape index (κ2) is 9.05. The largest absolute Gasteiger partial charge is 0.468 e. The summed E-state index contributed by atoms with van der Waals surface area (Å²) >= 11 is 0. The van der Waals surface area contributed by atoms with Crippen molar-refractivity contribution in [2.75, 3.05) is 20.2 Å². The van der Waals surface area contributed by atoms with Crippen LogP contribution in [0, 0.1) is 5.92 Å². The zero-order chi connectivity index (χ0) is 17.4. The van der Waals surface area contributed by atoms with E-state index < -0.39 is 5.97 Å². The third-order valence-electron chi connectivity index (χ3n) is 3.93. The number of ether oxygens (including phenoxy) is 1. The van der Waals surface area contributed by atoms with Gasteiger partial charge in [0, 0.05) is 25.4 Å². The quantitative estimate of drug-likeness (QED) is 0.549. The first-order valence-electron chi connectivity index (χ1n) is 8.26. The van der Waals surface area contributed by atoms with Gasteiger partial charge in [-0.2, -0.15) is 0 Å². The highest BCUT2D eigenvalue weighted by molar-refractivity contribution is 5.82. The molecule has 0 unspecified atom stereocenters. The number of nitrogens with zero attached hydrogens (tertiary/aromatic N) is 1. The van der Waals surface area contributed by atoms with E-state index in [0.717, 1.165) is 18.4 Å². The molecule has 0 radical (unpaired) electrons. The van der Waals surface area contributed by atoms with Gasteiger partial charge in [0.25, 0.3) is 0 Å². The number of nitrogens with one attached hydrogen (secondary N) is 1. The molecule has 130 valence electrons. The molecule has 1 saturated carbocycles. The molecular formula is C18H24N2O4. The van der Waals surface area contributed by atoms with Crippen LogP contribution in [0.3, 0.4) is 0 Å². The van der Waals surface area contributed by atoms with E-state index in [9.17, 15) is 14.4 Å². The highest BCUT2D eigenvalue weighted by atomic mass is 16.5. The summed E-state index contributed by atoms with van der Waals surface area (Å²) in [7, 11) is 1.31. The Bertz CT molecular complexity index is 570. The zero-order valence-electron chi connectivity index (χ0n) is 14.0. The number of amides is 2. The molecule has 0 heterocycles. The zero-order valence-corrected chi connectivity index (χ0v) is 14.0. The molecule has 0 atom stereocenters. The highest BCUT2D eigenvalue weighted by Crippen LogP contribution is 2.28. The second-order valence-electron chi connectivity index (χ2n) is 5.98. The molecule has 0 saturated heterocycles. The van der Waals surface area contributed by atoms with Crippen molar-refractivity contribution >= 4 is 17.8 Å². The number of carbonyl (C=O) groups is 3. The van der Waals surface area contributed by atoms with E-state index in [0.29, 0.717) is 19.5 Å². The van der Waals surface area contributed by atoms with Gasteiger partial charge < -0.3 is 15.0 Å². The molecule has 6 nitrogen and oxygen atoms in total. The van der Waals surface area contributed by atoms with Crippen molar-refractivity contribution in [3.63, 3.8) is 0 Å². The van der Waals surface area contributed by atoms with Gasteiger partial charge >= 0.3 is 5.97 Å². The van der Waals surface area contributed by atoms with Gasteiger partial charge in [0.1, 0.15) is 6.54 Å². The normalized spacial score (nSPS) is 13.2. The Morgan fingerprint density at radius 1 is 1.21 bits per heavy atom. The van der Waals surface area contributed by atoms with Crippen molar-refractivity contribution in [1.29, 1.82) is 0 Å². The van der Waals surface area contributed by atoms with Crippen LogP contribution in [0.25, 0.3) is 0 Å². The SMILES string of the molecule is COC(=O)CN(Cc1ccccc1)C(=O)CCCNC(=O)C1CC1. The number of carbonyl (C=O) groups excluding carboxylic acids is 3. The monoisotopic (exact) mass is 332 g/mol. The van der Waals surface area contributed by atoms with Gasteiger partial charge in [-0.15, -0.1) is 0 Å². The first-order valence-corrected chi connectivity index (χ1v) is 8.26. The van der Waals surface area contributed by atoms with Gasteiger partial charge in [-0.05, 0) is 24.8 Å². The molecule has 1 aromatic carbocycles. The summed E-state index contributed by atoms with van der Waals surface area (Å²) in [6, 6.07) is 9.51. The fourth-order valence-corrected chi connectivity index (χ4v) is 2.36. The van der Waals surface area contributed by atoms with Crippen LogP contribution < -0.4 is 5.32 Å². The molecule has 24 heavy (non-hydrogen) atoms. The van der Waals surface area contributed by atoms with E-state index in [2.05, 4.69) is 10.1 Å². The van der Waals surface area contributed by atoms with Crippen LogP contribution in [0.4, 0.5) is 0 Å². The predicted molar refractivity (Wildman–Crippen MR) is 88.8 cm³/mol. The fraction of sp³-hybridized carbons (Fsp3) is 0.500. The molecule has 2 amide bonds. The van der Waals surface area contributed by atoms with Gasteiger partial charge in [0.15, 0.2) is 0 Å². The Hall–Kier alpha value is -2.37. The molecule has 1 aliphatic rings. The lowest BCUT2D eigenvalue weighted by Crippen LogP contribution is -2.36. The second-order valence-corrected chi connectivity index (χ2v) is 5.98. The van der Waals surface area contributed by atoms with E-state index >= 15 is 0 Å². The lowest BCUT2D eigenvalue weighted by atomic mass is 10.2. The number of hydrogen-bond acceptors (Lipinski definition) is 4.